The van der Waals surface area contributed by atoms with Gasteiger partial charge in [-0.3, -0.25) is 0 Å². The molecule has 0 aliphatic carbocycles. The highest BCUT2D eigenvalue weighted by Crippen LogP contribution is 2.11. The summed E-state index contributed by atoms with van der Waals surface area (Å²) in [5.41, 5.74) is 7.33. The lowest BCUT2D eigenvalue weighted by atomic mass is 10.4. The lowest BCUT2D eigenvalue weighted by Crippen LogP contribution is -2.42. The number of nitrogen functional groups attached to an aromatic ring is 1. The van der Waals surface area contributed by atoms with Crippen molar-refractivity contribution in [2.24, 2.45) is 7.05 Å². The van der Waals surface area contributed by atoms with Crippen LogP contribution in [-0.4, -0.2) is 25.7 Å². The summed E-state index contributed by atoms with van der Waals surface area (Å²) < 4.78 is 3.50. The van der Waals surface area contributed by atoms with Gasteiger partial charge in [-0.05, 0) is 6.92 Å². The standard InChI is InChI=1S/C9H13N5O/c1-6(15)3-14-5-12-9-7(8(14)10)11-4-13(9)2/h4-6,10,15H,3H2,1-2H3/p+1. The van der Waals surface area contributed by atoms with Gasteiger partial charge in [0.05, 0.1) is 19.0 Å². The molecule has 2 aromatic rings. The van der Waals surface area contributed by atoms with Crippen molar-refractivity contribution in [3.05, 3.63) is 12.7 Å². The maximum Gasteiger partial charge on any atom is 0.250 e. The molecule has 15 heavy (non-hydrogen) atoms. The van der Waals surface area contributed by atoms with Crippen LogP contribution in [0.4, 0.5) is 5.82 Å². The Morgan fingerprint density at radius 1 is 1.60 bits per heavy atom. The molecule has 6 heteroatoms. The Balaban J connectivity index is 2.55. The number of hydrogen-bond acceptors (Lipinski definition) is 4. The van der Waals surface area contributed by atoms with Crippen LogP contribution in [-0.2, 0) is 13.6 Å². The zero-order chi connectivity index (χ0) is 11.0. The topological polar surface area (TPSA) is 80.8 Å². The summed E-state index contributed by atoms with van der Waals surface area (Å²) in [5.74, 6) is 0.529. The first-order valence-electron chi connectivity index (χ1n) is 4.72. The van der Waals surface area contributed by atoms with Crippen molar-refractivity contribution < 1.29 is 9.67 Å². The Morgan fingerprint density at radius 3 is 3.00 bits per heavy atom. The van der Waals surface area contributed by atoms with Crippen LogP contribution in [0.1, 0.15) is 6.92 Å². The molecule has 0 fully saturated rings. The molecule has 0 spiro atoms. The number of nitrogens with two attached hydrogens (primary N) is 1. The van der Waals surface area contributed by atoms with E-state index in [1.165, 1.54) is 0 Å². The fourth-order valence-corrected chi connectivity index (χ4v) is 1.51. The van der Waals surface area contributed by atoms with E-state index < -0.39 is 6.10 Å². The zero-order valence-corrected chi connectivity index (χ0v) is 8.75. The van der Waals surface area contributed by atoms with Crippen molar-refractivity contribution in [1.82, 2.24) is 14.5 Å². The zero-order valence-electron chi connectivity index (χ0n) is 8.75. The van der Waals surface area contributed by atoms with Crippen molar-refractivity contribution in [2.45, 2.75) is 19.6 Å². The molecule has 2 heterocycles. The number of aryl methyl sites for hydroxylation is 1. The molecule has 0 aliphatic rings. The Hall–Kier alpha value is -1.69. The third-order valence-electron chi connectivity index (χ3n) is 2.24. The van der Waals surface area contributed by atoms with Crippen LogP contribution in [0.25, 0.3) is 11.2 Å². The highest BCUT2D eigenvalue weighted by Gasteiger charge is 2.15. The smallest absolute Gasteiger partial charge is 0.250 e. The van der Waals surface area contributed by atoms with Crippen LogP contribution in [0, 0.1) is 0 Å². The molecule has 0 amide bonds. The first kappa shape index (κ1) is 9.85. The van der Waals surface area contributed by atoms with E-state index >= 15 is 0 Å². The summed E-state index contributed by atoms with van der Waals surface area (Å²) in [4.78, 5) is 8.39. The number of aliphatic hydroxyl groups excluding tert-OH is 1. The van der Waals surface area contributed by atoms with Crippen LogP contribution in [0.5, 0.6) is 0 Å². The number of anilines is 1. The van der Waals surface area contributed by atoms with Gasteiger partial charge in [0.1, 0.15) is 0 Å². The van der Waals surface area contributed by atoms with E-state index in [0.717, 1.165) is 5.65 Å². The normalized spacial score (nSPS) is 13.3. The Kier molecular flexibility index (Phi) is 2.28. The van der Waals surface area contributed by atoms with E-state index in [1.807, 2.05) is 7.05 Å². The van der Waals surface area contributed by atoms with Gasteiger partial charge in [-0.2, -0.15) is 0 Å². The number of aliphatic hydroxyl groups is 1. The number of fused-ring (bicyclic) bond motifs is 1. The minimum absolute atomic E-state index is 0.422. The first-order chi connectivity index (χ1) is 7.09. The molecule has 0 radical (unpaired) electrons. The molecule has 6 nitrogen and oxygen atoms in total. The predicted octanol–water partition coefficient (Wildman–Crippen LogP) is -0.781. The molecular weight excluding hydrogens is 194 g/mol. The molecule has 0 saturated carbocycles. The third kappa shape index (κ3) is 1.63. The molecule has 80 valence electrons. The highest BCUT2D eigenvalue weighted by atomic mass is 16.3. The molecule has 1 atom stereocenters. The van der Waals surface area contributed by atoms with E-state index in [1.54, 1.807) is 28.7 Å². The van der Waals surface area contributed by atoms with Crippen molar-refractivity contribution in [2.75, 3.05) is 5.73 Å². The van der Waals surface area contributed by atoms with Gasteiger partial charge in [0.2, 0.25) is 12.0 Å². The molecule has 0 saturated heterocycles. The van der Waals surface area contributed by atoms with Gasteiger partial charge < -0.3 is 15.4 Å². The lowest BCUT2D eigenvalue weighted by molar-refractivity contribution is -0.690. The summed E-state index contributed by atoms with van der Waals surface area (Å²) >= 11 is 0. The number of aromatic nitrogens is 4. The Bertz CT molecular complexity index is 490. The molecule has 0 bridgehead atoms. The van der Waals surface area contributed by atoms with Gasteiger partial charge in [0.25, 0.3) is 5.82 Å². The maximum atomic E-state index is 9.28. The molecular formula is C9H14N5O+. The summed E-state index contributed by atoms with van der Waals surface area (Å²) in [7, 11) is 1.86. The van der Waals surface area contributed by atoms with E-state index in [2.05, 4.69) is 9.97 Å². The summed E-state index contributed by atoms with van der Waals surface area (Å²) in [6.07, 6.45) is 2.83. The fraction of sp³-hybridized carbons (Fsp3) is 0.444. The van der Waals surface area contributed by atoms with Gasteiger partial charge in [0.15, 0.2) is 5.52 Å². The molecule has 3 N–H and O–H groups in total. The van der Waals surface area contributed by atoms with Crippen LogP contribution in [0.2, 0.25) is 0 Å². The van der Waals surface area contributed by atoms with Crippen molar-refractivity contribution >= 4 is 17.0 Å². The SMILES string of the molecule is CC(O)C[n+]1cnc2c(ncn2C)c1N. The second kappa shape index (κ2) is 3.47. The highest BCUT2D eigenvalue weighted by molar-refractivity contribution is 5.79. The Morgan fingerprint density at radius 2 is 2.33 bits per heavy atom. The van der Waals surface area contributed by atoms with Gasteiger partial charge >= 0.3 is 0 Å². The van der Waals surface area contributed by atoms with Crippen LogP contribution < -0.4 is 10.3 Å². The predicted molar refractivity (Wildman–Crippen MR) is 54.8 cm³/mol. The summed E-state index contributed by atoms with van der Waals surface area (Å²) in [5, 5.41) is 9.28. The van der Waals surface area contributed by atoms with Gasteiger partial charge in [-0.25, -0.2) is 9.55 Å². The largest absolute Gasteiger partial charge is 0.390 e. The number of nitrogens with zero attached hydrogens (tertiary/aromatic N) is 4. The van der Waals surface area contributed by atoms with Crippen LogP contribution in [0.3, 0.4) is 0 Å². The van der Waals surface area contributed by atoms with Crippen molar-refractivity contribution in [3.8, 4) is 0 Å². The number of hydrogen-bond donors (Lipinski definition) is 2. The molecule has 0 aromatic carbocycles. The summed E-state index contributed by atoms with van der Waals surface area (Å²) in [6, 6.07) is 0. The molecule has 2 rings (SSSR count). The molecule has 1 unspecified atom stereocenters. The van der Waals surface area contributed by atoms with Gasteiger partial charge in [-0.1, -0.05) is 4.98 Å². The minimum Gasteiger partial charge on any atom is -0.390 e. The van der Waals surface area contributed by atoms with Gasteiger partial charge in [-0.15, -0.1) is 0 Å². The molecule has 0 aliphatic heterocycles. The van der Waals surface area contributed by atoms with E-state index in [4.69, 9.17) is 5.73 Å². The molecule has 2 aromatic heterocycles. The van der Waals surface area contributed by atoms with E-state index in [0.29, 0.717) is 17.9 Å². The monoisotopic (exact) mass is 208 g/mol. The van der Waals surface area contributed by atoms with E-state index in [-0.39, 0.29) is 0 Å². The van der Waals surface area contributed by atoms with Crippen LogP contribution >= 0.6 is 0 Å². The first-order valence-corrected chi connectivity index (χ1v) is 4.72. The third-order valence-corrected chi connectivity index (χ3v) is 2.24. The van der Waals surface area contributed by atoms with Gasteiger partial charge in [0, 0.05) is 7.05 Å². The quantitative estimate of drug-likeness (QED) is 0.634. The van der Waals surface area contributed by atoms with Crippen LogP contribution in [0.15, 0.2) is 12.7 Å². The average molecular weight is 208 g/mol. The van der Waals surface area contributed by atoms with Crippen molar-refractivity contribution in [3.63, 3.8) is 0 Å². The summed E-state index contributed by atoms with van der Waals surface area (Å²) in [6.45, 7) is 2.13. The second-order valence-electron chi connectivity index (χ2n) is 3.66. The van der Waals surface area contributed by atoms with E-state index in [9.17, 15) is 5.11 Å². The maximum absolute atomic E-state index is 9.28. The second-order valence-corrected chi connectivity index (χ2v) is 3.66. The average Bonchev–Trinajstić information content (AvgIpc) is 2.53. The number of imidazole rings is 1. The minimum atomic E-state index is -0.458. The van der Waals surface area contributed by atoms with Crippen molar-refractivity contribution in [1.29, 1.82) is 0 Å². The Labute approximate surface area is 87.0 Å². The lowest BCUT2D eigenvalue weighted by Gasteiger charge is -2.05. The fourth-order valence-electron chi connectivity index (χ4n) is 1.51. The number of rotatable bonds is 2.